The minimum absolute atomic E-state index is 0.115. The number of carbonyl (C=O) groups is 2. The molecule has 0 aromatic heterocycles. The number of nitrogens with one attached hydrogen (secondary N) is 2. The first-order valence-corrected chi connectivity index (χ1v) is 7.26. The third-order valence-corrected chi connectivity index (χ3v) is 3.26. The zero-order valence-corrected chi connectivity index (χ0v) is 13.3. The number of benzene rings is 1. The summed E-state index contributed by atoms with van der Waals surface area (Å²) in [4.78, 5) is 23.2. The van der Waals surface area contributed by atoms with E-state index in [9.17, 15) is 9.59 Å². The predicted octanol–water partition coefficient (Wildman–Crippen LogP) is 1.71. The monoisotopic (exact) mass is 308 g/mol. The van der Waals surface area contributed by atoms with Crippen LogP contribution in [-0.4, -0.2) is 43.3 Å². The summed E-state index contributed by atoms with van der Waals surface area (Å²) in [7, 11) is 1.59. The summed E-state index contributed by atoms with van der Waals surface area (Å²) in [5.74, 6) is -1.35. The molecule has 1 amide bonds. The van der Waals surface area contributed by atoms with Gasteiger partial charge < -0.3 is 20.5 Å². The van der Waals surface area contributed by atoms with E-state index in [0.717, 1.165) is 11.1 Å². The zero-order valence-electron chi connectivity index (χ0n) is 13.3. The van der Waals surface area contributed by atoms with Crippen LogP contribution in [0.25, 0.3) is 0 Å². The number of hydrogen-bond acceptors (Lipinski definition) is 4. The van der Waals surface area contributed by atoms with Crippen molar-refractivity contribution in [3.05, 3.63) is 29.3 Å². The first kappa shape index (κ1) is 18.1. The maximum atomic E-state index is 12.0. The van der Waals surface area contributed by atoms with Gasteiger partial charge in [-0.05, 0) is 38.4 Å². The molecule has 0 aliphatic carbocycles. The van der Waals surface area contributed by atoms with E-state index in [1.165, 1.54) is 0 Å². The van der Waals surface area contributed by atoms with Crippen molar-refractivity contribution in [2.75, 3.05) is 25.6 Å². The molecule has 3 N–H and O–H groups in total. The standard InChI is InChI=1S/C16H24N2O4/c1-11-5-6-13(12(2)9-11)18-15(19)10-14(16(20)21)17-7-4-8-22-3/h5-6,9,14,17H,4,7-8,10H2,1-3H3,(H,18,19)(H,20,21). The molecule has 1 atom stereocenters. The second kappa shape index (κ2) is 9.17. The molecule has 0 aliphatic rings. The number of methoxy groups -OCH3 is 1. The van der Waals surface area contributed by atoms with Crippen LogP contribution in [0.4, 0.5) is 5.69 Å². The molecule has 1 aromatic carbocycles. The van der Waals surface area contributed by atoms with Crippen molar-refractivity contribution in [1.29, 1.82) is 0 Å². The molecule has 1 rings (SSSR count). The lowest BCUT2D eigenvalue weighted by molar-refractivity contribution is -0.141. The highest BCUT2D eigenvalue weighted by atomic mass is 16.5. The number of carboxylic acids is 1. The Morgan fingerprint density at radius 1 is 1.32 bits per heavy atom. The number of aryl methyl sites for hydroxylation is 2. The Morgan fingerprint density at radius 2 is 2.05 bits per heavy atom. The van der Waals surface area contributed by atoms with Crippen LogP contribution in [-0.2, 0) is 14.3 Å². The molecule has 1 unspecified atom stereocenters. The molecule has 6 heteroatoms. The van der Waals surface area contributed by atoms with Crippen molar-refractivity contribution in [3.63, 3.8) is 0 Å². The fraction of sp³-hybridized carbons (Fsp3) is 0.500. The lowest BCUT2D eigenvalue weighted by atomic mass is 10.1. The van der Waals surface area contributed by atoms with Gasteiger partial charge in [0.05, 0.1) is 6.42 Å². The van der Waals surface area contributed by atoms with Gasteiger partial charge in [-0.15, -0.1) is 0 Å². The number of carbonyl (C=O) groups excluding carboxylic acids is 1. The van der Waals surface area contributed by atoms with Crippen LogP contribution in [0.15, 0.2) is 18.2 Å². The van der Waals surface area contributed by atoms with E-state index in [2.05, 4.69) is 10.6 Å². The van der Waals surface area contributed by atoms with E-state index >= 15 is 0 Å². The van der Waals surface area contributed by atoms with Crippen molar-refractivity contribution in [2.45, 2.75) is 32.7 Å². The van der Waals surface area contributed by atoms with Crippen molar-refractivity contribution in [2.24, 2.45) is 0 Å². The fourth-order valence-corrected chi connectivity index (χ4v) is 2.08. The number of ether oxygens (including phenoxy) is 1. The SMILES string of the molecule is COCCCNC(CC(=O)Nc1ccc(C)cc1C)C(=O)O. The zero-order chi connectivity index (χ0) is 16.5. The molecule has 6 nitrogen and oxygen atoms in total. The largest absolute Gasteiger partial charge is 0.480 e. The van der Waals surface area contributed by atoms with Crippen LogP contribution >= 0.6 is 0 Å². The molecular weight excluding hydrogens is 284 g/mol. The highest BCUT2D eigenvalue weighted by Gasteiger charge is 2.20. The fourth-order valence-electron chi connectivity index (χ4n) is 2.08. The number of hydrogen-bond donors (Lipinski definition) is 3. The van der Waals surface area contributed by atoms with Gasteiger partial charge in [0.25, 0.3) is 0 Å². The highest BCUT2D eigenvalue weighted by molar-refractivity contribution is 5.94. The summed E-state index contributed by atoms with van der Waals surface area (Å²) < 4.78 is 4.90. The molecule has 1 aromatic rings. The van der Waals surface area contributed by atoms with Gasteiger partial charge in [-0.3, -0.25) is 9.59 Å². The van der Waals surface area contributed by atoms with Crippen molar-refractivity contribution in [3.8, 4) is 0 Å². The molecule has 0 radical (unpaired) electrons. The summed E-state index contributed by atoms with van der Waals surface area (Å²) >= 11 is 0. The first-order valence-electron chi connectivity index (χ1n) is 7.26. The van der Waals surface area contributed by atoms with E-state index in [1.54, 1.807) is 7.11 Å². The smallest absolute Gasteiger partial charge is 0.321 e. The van der Waals surface area contributed by atoms with Crippen LogP contribution in [0.2, 0.25) is 0 Å². The van der Waals surface area contributed by atoms with Crippen LogP contribution in [0.5, 0.6) is 0 Å². The number of rotatable bonds is 9. The predicted molar refractivity (Wildman–Crippen MR) is 85.1 cm³/mol. The Hall–Kier alpha value is -1.92. The molecule has 122 valence electrons. The van der Waals surface area contributed by atoms with E-state index in [-0.39, 0.29) is 12.3 Å². The molecule has 0 heterocycles. The van der Waals surface area contributed by atoms with Crippen molar-refractivity contribution < 1.29 is 19.4 Å². The molecule has 0 saturated carbocycles. The number of amides is 1. The maximum Gasteiger partial charge on any atom is 0.321 e. The summed E-state index contributed by atoms with van der Waals surface area (Å²) in [5, 5.41) is 14.8. The first-order chi connectivity index (χ1) is 10.4. The van der Waals surface area contributed by atoms with E-state index in [4.69, 9.17) is 9.84 Å². The lowest BCUT2D eigenvalue weighted by Crippen LogP contribution is -2.40. The Labute approximate surface area is 130 Å². The number of aliphatic carboxylic acids is 1. The average Bonchev–Trinajstić information content (AvgIpc) is 2.45. The Bertz CT molecular complexity index is 517. The van der Waals surface area contributed by atoms with Crippen molar-refractivity contribution in [1.82, 2.24) is 5.32 Å². The number of anilines is 1. The van der Waals surface area contributed by atoms with Gasteiger partial charge in [0.2, 0.25) is 5.91 Å². The van der Waals surface area contributed by atoms with Gasteiger partial charge in [-0.25, -0.2) is 0 Å². The summed E-state index contributed by atoms with van der Waals surface area (Å²) in [6.45, 7) is 4.92. The topological polar surface area (TPSA) is 87.7 Å². The average molecular weight is 308 g/mol. The molecule has 0 fully saturated rings. The third kappa shape index (κ3) is 6.24. The van der Waals surface area contributed by atoms with Crippen LogP contribution in [0, 0.1) is 13.8 Å². The molecule has 0 saturated heterocycles. The lowest BCUT2D eigenvalue weighted by Gasteiger charge is -2.15. The van der Waals surface area contributed by atoms with Gasteiger partial charge in [0.15, 0.2) is 0 Å². The Kier molecular flexibility index (Phi) is 7.56. The third-order valence-electron chi connectivity index (χ3n) is 3.26. The summed E-state index contributed by atoms with van der Waals surface area (Å²) in [5.41, 5.74) is 2.77. The summed E-state index contributed by atoms with van der Waals surface area (Å²) in [6, 6.07) is 4.79. The van der Waals surface area contributed by atoms with Gasteiger partial charge >= 0.3 is 5.97 Å². The van der Waals surface area contributed by atoms with Gasteiger partial charge in [-0.1, -0.05) is 17.7 Å². The van der Waals surface area contributed by atoms with Gasteiger partial charge in [-0.2, -0.15) is 0 Å². The normalized spacial score (nSPS) is 12.0. The van der Waals surface area contributed by atoms with E-state index in [1.807, 2.05) is 32.0 Å². The molecule has 22 heavy (non-hydrogen) atoms. The molecule has 0 bridgehead atoms. The minimum atomic E-state index is -1.03. The van der Waals surface area contributed by atoms with Crippen LogP contribution < -0.4 is 10.6 Å². The number of carboxylic acid groups (broad SMARTS) is 1. The molecule has 0 spiro atoms. The van der Waals surface area contributed by atoms with Crippen molar-refractivity contribution >= 4 is 17.6 Å². The Morgan fingerprint density at radius 3 is 2.64 bits per heavy atom. The van der Waals surface area contributed by atoms with E-state index in [0.29, 0.717) is 25.3 Å². The van der Waals surface area contributed by atoms with Gasteiger partial charge in [0, 0.05) is 19.4 Å². The van der Waals surface area contributed by atoms with E-state index < -0.39 is 12.0 Å². The minimum Gasteiger partial charge on any atom is -0.480 e. The van der Waals surface area contributed by atoms with Gasteiger partial charge in [0.1, 0.15) is 6.04 Å². The quantitative estimate of drug-likeness (QED) is 0.605. The maximum absolute atomic E-state index is 12.0. The van der Waals surface area contributed by atoms with Crippen LogP contribution in [0.1, 0.15) is 24.0 Å². The molecule has 0 aliphatic heterocycles. The Balaban J connectivity index is 2.54. The second-order valence-corrected chi connectivity index (χ2v) is 5.26. The summed E-state index contributed by atoms with van der Waals surface area (Å²) in [6.07, 6.45) is 0.578. The second-order valence-electron chi connectivity index (χ2n) is 5.26. The van der Waals surface area contributed by atoms with Crippen LogP contribution in [0.3, 0.4) is 0 Å². The highest BCUT2D eigenvalue weighted by Crippen LogP contribution is 2.16. The molecular formula is C16H24N2O4.